The van der Waals surface area contributed by atoms with Crippen LogP contribution < -0.4 is 5.73 Å². The van der Waals surface area contributed by atoms with E-state index in [-0.39, 0.29) is 11.8 Å². The minimum atomic E-state index is 0.0289. The van der Waals surface area contributed by atoms with Gasteiger partial charge in [0.1, 0.15) is 5.78 Å². The molecule has 0 aliphatic rings. The molecule has 2 nitrogen and oxygen atoms in total. The summed E-state index contributed by atoms with van der Waals surface area (Å²) in [5, 5.41) is 1.98. The number of thiophene rings is 1. The van der Waals surface area contributed by atoms with Crippen molar-refractivity contribution in [2.45, 2.75) is 38.6 Å². The number of rotatable bonds is 6. The molecule has 0 aromatic carbocycles. The van der Waals surface area contributed by atoms with Gasteiger partial charge in [0.05, 0.1) is 0 Å². The second-order valence-electron chi connectivity index (χ2n) is 3.66. The van der Waals surface area contributed by atoms with E-state index in [4.69, 9.17) is 5.73 Å². The standard InChI is InChI=1S/C11H16BrNOS/c1-2-3-8(13)6-9(14)7-11-10(12)4-5-15-11/h4-5,8H,2-3,6-7,13H2,1H3. The normalized spacial score (nSPS) is 12.7. The molecule has 1 heterocycles. The molecule has 1 aromatic rings. The molecule has 2 N–H and O–H groups in total. The second kappa shape index (κ2) is 6.40. The molecule has 1 atom stereocenters. The van der Waals surface area contributed by atoms with E-state index < -0.39 is 0 Å². The molecule has 0 radical (unpaired) electrons. The van der Waals surface area contributed by atoms with Crippen LogP contribution in [-0.2, 0) is 11.2 Å². The average Bonchev–Trinajstić information content (AvgIpc) is 2.52. The van der Waals surface area contributed by atoms with Crippen molar-refractivity contribution in [1.82, 2.24) is 0 Å². The number of nitrogens with two attached hydrogens (primary N) is 1. The molecule has 0 saturated heterocycles. The third-order valence-electron chi connectivity index (χ3n) is 2.20. The van der Waals surface area contributed by atoms with E-state index in [1.165, 1.54) is 0 Å². The molecular formula is C11H16BrNOS. The predicted molar refractivity (Wildman–Crippen MR) is 68.2 cm³/mol. The lowest BCUT2D eigenvalue weighted by Crippen LogP contribution is -2.24. The summed E-state index contributed by atoms with van der Waals surface area (Å²) in [5.74, 6) is 0.235. The minimum Gasteiger partial charge on any atom is -0.327 e. The van der Waals surface area contributed by atoms with Crippen LogP contribution in [0.3, 0.4) is 0 Å². The Balaban J connectivity index is 2.40. The van der Waals surface area contributed by atoms with Crippen LogP contribution in [0.25, 0.3) is 0 Å². The fourth-order valence-electron chi connectivity index (χ4n) is 1.47. The Hall–Kier alpha value is -0.190. The summed E-state index contributed by atoms with van der Waals surface area (Å²) in [7, 11) is 0. The van der Waals surface area contributed by atoms with Gasteiger partial charge in [-0.05, 0) is 33.8 Å². The number of carbonyl (C=O) groups is 1. The van der Waals surface area contributed by atoms with Gasteiger partial charge in [-0.3, -0.25) is 4.79 Å². The van der Waals surface area contributed by atoms with E-state index in [9.17, 15) is 4.79 Å². The highest BCUT2D eigenvalue weighted by atomic mass is 79.9. The topological polar surface area (TPSA) is 43.1 Å². The molecule has 1 aromatic heterocycles. The van der Waals surface area contributed by atoms with Gasteiger partial charge in [0, 0.05) is 28.2 Å². The Bertz CT molecular complexity index is 324. The molecule has 0 aliphatic carbocycles. The molecular weight excluding hydrogens is 274 g/mol. The highest BCUT2D eigenvalue weighted by Gasteiger charge is 2.11. The maximum atomic E-state index is 11.7. The fourth-order valence-corrected chi connectivity index (χ4v) is 2.99. The number of ketones is 1. The lowest BCUT2D eigenvalue weighted by atomic mass is 10.0. The van der Waals surface area contributed by atoms with Crippen LogP contribution in [0, 0.1) is 0 Å². The molecule has 0 spiro atoms. The largest absolute Gasteiger partial charge is 0.327 e. The van der Waals surface area contributed by atoms with Crippen LogP contribution in [0.5, 0.6) is 0 Å². The molecule has 0 aliphatic heterocycles. The van der Waals surface area contributed by atoms with Gasteiger partial charge < -0.3 is 5.73 Å². The first-order valence-corrected chi connectivity index (χ1v) is 6.80. The Kier molecular flexibility index (Phi) is 5.50. The minimum absolute atomic E-state index is 0.0289. The molecule has 1 unspecified atom stereocenters. The first-order chi connectivity index (χ1) is 7.13. The summed E-state index contributed by atoms with van der Waals surface area (Å²) >= 11 is 5.03. The van der Waals surface area contributed by atoms with Crippen molar-refractivity contribution in [1.29, 1.82) is 0 Å². The van der Waals surface area contributed by atoms with Crippen molar-refractivity contribution in [3.63, 3.8) is 0 Å². The molecule has 1 rings (SSSR count). The van der Waals surface area contributed by atoms with Crippen molar-refractivity contribution in [3.05, 3.63) is 20.8 Å². The Morgan fingerprint density at radius 1 is 1.67 bits per heavy atom. The van der Waals surface area contributed by atoms with Gasteiger partial charge >= 0.3 is 0 Å². The van der Waals surface area contributed by atoms with E-state index in [1.807, 2.05) is 11.4 Å². The van der Waals surface area contributed by atoms with E-state index in [1.54, 1.807) is 11.3 Å². The van der Waals surface area contributed by atoms with E-state index in [0.29, 0.717) is 12.8 Å². The highest BCUT2D eigenvalue weighted by Crippen LogP contribution is 2.23. The summed E-state index contributed by atoms with van der Waals surface area (Å²) in [6, 6.07) is 2.00. The first-order valence-electron chi connectivity index (χ1n) is 5.12. The zero-order chi connectivity index (χ0) is 11.3. The summed E-state index contributed by atoms with van der Waals surface area (Å²) < 4.78 is 1.03. The van der Waals surface area contributed by atoms with Gasteiger partial charge in [-0.2, -0.15) is 0 Å². The fraction of sp³-hybridized carbons (Fsp3) is 0.545. The van der Waals surface area contributed by atoms with Crippen LogP contribution in [0.1, 0.15) is 31.1 Å². The number of carbonyl (C=O) groups excluding carboxylic acids is 1. The van der Waals surface area contributed by atoms with Gasteiger partial charge in [0.15, 0.2) is 0 Å². The molecule has 15 heavy (non-hydrogen) atoms. The van der Waals surface area contributed by atoms with E-state index >= 15 is 0 Å². The molecule has 0 amide bonds. The number of hydrogen-bond donors (Lipinski definition) is 1. The van der Waals surface area contributed by atoms with Gasteiger partial charge in [0.2, 0.25) is 0 Å². The smallest absolute Gasteiger partial charge is 0.139 e. The maximum Gasteiger partial charge on any atom is 0.139 e. The quantitative estimate of drug-likeness (QED) is 0.874. The maximum absolute atomic E-state index is 11.7. The number of Topliss-reactive ketones (excluding diaryl/α,β-unsaturated/α-hetero) is 1. The Labute approximate surface area is 103 Å². The summed E-state index contributed by atoms with van der Waals surface area (Å²) in [5.41, 5.74) is 5.82. The van der Waals surface area contributed by atoms with Crippen molar-refractivity contribution < 1.29 is 4.79 Å². The third-order valence-corrected chi connectivity index (χ3v) is 4.12. The zero-order valence-electron chi connectivity index (χ0n) is 8.83. The van der Waals surface area contributed by atoms with Crippen LogP contribution in [-0.4, -0.2) is 11.8 Å². The van der Waals surface area contributed by atoms with Crippen molar-refractivity contribution in [2.75, 3.05) is 0 Å². The summed E-state index contributed by atoms with van der Waals surface area (Å²) in [4.78, 5) is 12.8. The molecule has 4 heteroatoms. The summed E-state index contributed by atoms with van der Waals surface area (Å²) in [6.07, 6.45) is 2.97. The SMILES string of the molecule is CCCC(N)CC(=O)Cc1sccc1Br. The highest BCUT2D eigenvalue weighted by molar-refractivity contribution is 9.10. The van der Waals surface area contributed by atoms with Crippen LogP contribution >= 0.6 is 27.3 Å². The van der Waals surface area contributed by atoms with Crippen molar-refractivity contribution in [3.8, 4) is 0 Å². The van der Waals surface area contributed by atoms with E-state index in [2.05, 4.69) is 22.9 Å². The number of halogens is 1. The van der Waals surface area contributed by atoms with Crippen LogP contribution in [0.15, 0.2) is 15.9 Å². The molecule has 0 saturated carbocycles. The van der Waals surface area contributed by atoms with Crippen molar-refractivity contribution >= 4 is 33.0 Å². The van der Waals surface area contributed by atoms with Gasteiger partial charge in [0.25, 0.3) is 0 Å². The third kappa shape index (κ3) is 4.45. The predicted octanol–water partition coefficient (Wildman–Crippen LogP) is 3.14. The lowest BCUT2D eigenvalue weighted by molar-refractivity contribution is -0.118. The Morgan fingerprint density at radius 3 is 2.93 bits per heavy atom. The Morgan fingerprint density at radius 2 is 2.40 bits per heavy atom. The van der Waals surface area contributed by atoms with Gasteiger partial charge in [-0.15, -0.1) is 11.3 Å². The monoisotopic (exact) mass is 289 g/mol. The molecule has 84 valence electrons. The van der Waals surface area contributed by atoms with Crippen molar-refractivity contribution in [2.24, 2.45) is 5.73 Å². The number of hydrogen-bond acceptors (Lipinski definition) is 3. The van der Waals surface area contributed by atoms with Gasteiger partial charge in [-0.1, -0.05) is 13.3 Å². The van der Waals surface area contributed by atoms with Crippen LogP contribution in [0.2, 0.25) is 0 Å². The molecule has 0 bridgehead atoms. The summed E-state index contributed by atoms with van der Waals surface area (Å²) in [6.45, 7) is 2.08. The first kappa shape index (κ1) is 12.9. The van der Waals surface area contributed by atoms with Crippen LogP contribution in [0.4, 0.5) is 0 Å². The lowest BCUT2D eigenvalue weighted by Gasteiger charge is -2.08. The zero-order valence-corrected chi connectivity index (χ0v) is 11.2. The molecule has 0 fully saturated rings. The second-order valence-corrected chi connectivity index (χ2v) is 5.52. The van der Waals surface area contributed by atoms with E-state index in [0.717, 1.165) is 22.2 Å². The van der Waals surface area contributed by atoms with Gasteiger partial charge in [-0.25, -0.2) is 0 Å². The average molecular weight is 290 g/mol.